The first kappa shape index (κ1) is 14.5. The van der Waals surface area contributed by atoms with E-state index in [-0.39, 0.29) is 18.0 Å². The highest BCUT2D eigenvalue weighted by Gasteiger charge is 2.30. The van der Waals surface area contributed by atoms with E-state index >= 15 is 0 Å². The number of hydrogen-bond acceptors (Lipinski definition) is 5. The van der Waals surface area contributed by atoms with E-state index in [9.17, 15) is 9.18 Å². The van der Waals surface area contributed by atoms with Crippen molar-refractivity contribution in [1.29, 1.82) is 0 Å². The highest BCUT2D eigenvalue weighted by Crippen LogP contribution is 2.21. The van der Waals surface area contributed by atoms with Gasteiger partial charge in [-0.05, 0) is 19.9 Å². The molecule has 1 fully saturated rings. The van der Waals surface area contributed by atoms with Gasteiger partial charge in [0.15, 0.2) is 5.82 Å². The quantitative estimate of drug-likeness (QED) is 0.869. The van der Waals surface area contributed by atoms with Crippen LogP contribution < -0.4 is 4.74 Å². The lowest BCUT2D eigenvalue weighted by Crippen LogP contribution is -2.31. The van der Waals surface area contributed by atoms with Crippen molar-refractivity contribution in [3.63, 3.8) is 0 Å². The van der Waals surface area contributed by atoms with Crippen LogP contribution in [0.1, 0.15) is 28.3 Å². The molecule has 0 radical (unpaired) electrons. The molecule has 7 heteroatoms. The molecule has 2 aromatic rings. The summed E-state index contributed by atoms with van der Waals surface area (Å²) in [4.78, 5) is 21.7. The van der Waals surface area contributed by atoms with Gasteiger partial charge < -0.3 is 14.1 Å². The van der Waals surface area contributed by atoms with Crippen molar-refractivity contribution in [3.05, 3.63) is 41.4 Å². The predicted molar refractivity (Wildman–Crippen MR) is 75.1 cm³/mol. The first-order valence-electron chi connectivity index (χ1n) is 7.03. The van der Waals surface area contributed by atoms with E-state index in [2.05, 4.69) is 9.97 Å². The summed E-state index contributed by atoms with van der Waals surface area (Å²) < 4.78 is 23.7. The molecule has 1 amide bonds. The van der Waals surface area contributed by atoms with E-state index < -0.39 is 5.82 Å². The van der Waals surface area contributed by atoms with Crippen LogP contribution in [-0.4, -0.2) is 40.0 Å². The Morgan fingerprint density at radius 1 is 1.41 bits per heavy atom. The third kappa shape index (κ3) is 2.93. The zero-order chi connectivity index (χ0) is 15.7. The number of nitrogens with zero attached hydrogens (tertiary/aromatic N) is 3. The molecule has 0 unspecified atom stereocenters. The molecular weight excluding hydrogens is 289 g/mol. The zero-order valence-electron chi connectivity index (χ0n) is 12.4. The van der Waals surface area contributed by atoms with Crippen LogP contribution in [0.5, 0.6) is 6.01 Å². The highest BCUT2D eigenvalue weighted by molar-refractivity contribution is 5.95. The molecule has 1 aliphatic rings. The van der Waals surface area contributed by atoms with Crippen LogP contribution in [0.15, 0.2) is 22.9 Å². The molecule has 0 aliphatic carbocycles. The maximum atomic E-state index is 12.8. The molecule has 2 aromatic heterocycles. The number of rotatable bonds is 3. The summed E-state index contributed by atoms with van der Waals surface area (Å²) in [5.74, 6) is 0.753. The molecule has 116 valence electrons. The standard InChI is InChI=1S/C15H16FN3O3/c1-9-5-13(10(2)21-9)14(20)19-4-3-12(8-19)22-15-17-6-11(16)7-18-15/h5-7,12H,3-4,8H2,1-2H3/t12-/m1/s1. The zero-order valence-corrected chi connectivity index (χ0v) is 12.4. The third-order valence-corrected chi connectivity index (χ3v) is 3.57. The molecule has 6 nitrogen and oxygen atoms in total. The molecule has 0 spiro atoms. The van der Waals surface area contributed by atoms with E-state index in [1.807, 2.05) is 6.92 Å². The van der Waals surface area contributed by atoms with E-state index in [1.54, 1.807) is 17.9 Å². The molecule has 3 rings (SSSR count). The minimum Gasteiger partial charge on any atom is -0.466 e. The number of carbonyl (C=O) groups is 1. The second kappa shape index (κ2) is 5.75. The van der Waals surface area contributed by atoms with Gasteiger partial charge in [-0.25, -0.2) is 14.4 Å². The van der Waals surface area contributed by atoms with Crippen molar-refractivity contribution in [2.24, 2.45) is 0 Å². The highest BCUT2D eigenvalue weighted by atomic mass is 19.1. The maximum Gasteiger partial charge on any atom is 0.316 e. The van der Waals surface area contributed by atoms with Crippen molar-refractivity contribution >= 4 is 5.91 Å². The summed E-state index contributed by atoms with van der Waals surface area (Å²) in [6, 6.07) is 1.87. The lowest BCUT2D eigenvalue weighted by molar-refractivity contribution is 0.0768. The number of aryl methyl sites for hydroxylation is 2. The van der Waals surface area contributed by atoms with Crippen LogP contribution in [0.4, 0.5) is 4.39 Å². The molecular formula is C15H16FN3O3. The van der Waals surface area contributed by atoms with Crippen LogP contribution in [-0.2, 0) is 0 Å². The maximum absolute atomic E-state index is 12.8. The van der Waals surface area contributed by atoms with Gasteiger partial charge in [0.05, 0.1) is 24.5 Å². The minimum atomic E-state index is -0.513. The molecule has 1 atom stereocenters. The van der Waals surface area contributed by atoms with Gasteiger partial charge in [0.2, 0.25) is 0 Å². The minimum absolute atomic E-state index is 0.0690. The Balaban J connectivity index is 1.63. The van der Waals surface area contributed by atoms with Gasteiger partial charge in [-0.15, -0.1) is 0 Å². The SMILES string of the molecule is Cc1cc(C(=O)N2CC[C@@H](Oc3ncc(F)cn3)C2)c(C)o1. The van der Waals surface area contributed by atoms with Crippen molar-refractivity contribution in [1.82, 2.24) is 14.9 Å². The van der Waals surface area contributed by atoms with Crippen molar-refractivity contribution in [3.8, 4) is 6.01 Å². The monoisotopic (exact) mass is 305 g/mol. The Morgan fingerprint density at radius 2 is 2.14 bits per heavy atom. The lowest BCUT2D eigenvalue weighted by Gasteiger charge is -2.16. The van der Waals surface area contributed by atoms with Gasteiger partial charge in [-0.1, -0.05) is 0 Å². The van der Waals surface area contributed by atoms with Gasteiger partial charge in [0.1, 0.15) is 17.6 Å². The van der Waals surface area contributed by atoms with Crippen molar-refractivity contribution < 1.29 is 18.3 Å². The molecule has 1 saturated heterocycles. The average Bonchev–Trinajstić information content (AvgIpc) is 3.07. The van der Waals surface area contributed by atoms with Crippen molar-refractivity contribution in [2.75, 3.05) is 13.1 Å². The number of aromatic nitrogens is 2. The summed E-state index contributed by atoms with van der Waals surface area (Å²) in [5, 5.41) is 0. The van der Waals surface area contributed by atoms with Gasteiger partial charge in [0.25, 0.3) is 5.91 Å². The fraction of sp³-hybridized carbons (Fsp3) is 0.400. The van der Waals surface area contributed by atoms with E-state index in [1.165, 1.54) is 0 Å². The number of furan rings is 1. The Kier molecular flexibility index (Phi) is 3.79. The summed E-state index contributed by atoms with van der Waals surface area (Å²) >= 11 is 0. The predicted octanol–water partition coefficient (Wildman–Crippen LogP) is 2.12. The van der Waals surface area contributed by atoms with Gasteiger partial charge in [0, 0.05) is 13.0 Å². The molecule has 0 N–H and O–H groups in total. The smallest absolute Gasteiger partial charge is 0.316 e. The second-order valence-corrected chi connectivity index (χ2v) is 5.29. The first-order valence-corrected chi connectivity index (χ1v) is 7.03. The fourth-order valence-electron chi connectivity index (χ4n) is 2.53. The molecule has 3 heterocycles. The summed E-state index contributed by atoms with van der Waals surface area (Å²) in [6.45, 7) is 4.62. The molecule has 1 aliphatic heterocycles. The Labute approximate surface area is 126 Å². The van der Waals surface area contributed by atoms with E-state index in [4.69, 9.17) is 9.15 Å². The van der Waals surface area contributed by atoms with E-state index in [0.717, 1.165) is 12.4 Å². The molecule has 0 saturated carbocycles. The summed E-state index contributed by atoms with van der Waals surface area (Å²) in [6.07, 6.45) is 2.60. The number of halogens is 1. The Bertz CT molecular complexity index is 684. The van der Waals surface area contributed by atoms with Gasteiger partial charge >= 0.3 is 6.01 Å². The second-order valence-electron chi connectivity index (χ2n) is 5.29. The normalized spacial score (nSPS) is 17.8. The van der Waals surface area contributed by atoms with Crippen LogP contribution in [0.2, 0.25) is 0 Å². The van der Waals surface area contributed by atoms with Crippen LogP contribution in [0.3, 0.4) is 0 Å². The summed E-state index contributed by atoms with van der Waals surface area (Å²) in [7, 11) is 0. The van der Waals surface area contributed by atoms with E-state index in [0.29, 0.717) is 36.6 Å². The van der Waals surface area contributed by atoms with Gasteiger partial charge in [-0.2, -0.15) is 0 Å². The topological polar surface area (TPSA) is 68.5 Å². The number of carbonyl (C=O) groups excluding carboxylic acids is 1. The largest absolute Gasteiger partial charge is 0.466 e. The number of ether oxygens (including phenoxy) is 1. The summed E-state index contributed by atoms with van der Waals surface area (Å²) in [5.41, 5.74) is 0.580. The molecule has 22 heavy (non-hydrogen) atoms. The van der Waals surface area contributed by atoms with Crippen LogP contribution in [0, 0.1) is 19.7 Å². The third-order valence-electron chi connectivity index (χ3n) is 3.57. The van der Waals surface area contributed by atoms with Crippen LogP contribution >= 0.6 is 0 Å². The van der Waals surface area contributed by atoms with Crippen molar-refractivity contribution in [2.45, 2.75) is 26.4 Å². The molecule has 0 bridgehead atoms. The Hall–Kier alpha value is -2.44. The lowest BCUT2D eigenvalue weighted by atomic mass is 10.2. The average molecular weight is 305 g/mol. The first-order chi connectivity index (χ1) is 10.5. The number of amides is 1. The number of likely N-dealkylation sites (tertiary alicyclic amines) is 1. The number of hydrogen-bond donors (Lipinski definition) is 0. The molecule has 0 aromatic carbocycles. The Morgan fingerprint density at radius 3 is 2.77 bits per heavy atom. The van der Waals surface area contributed by atoms with Gasteiger partial charge in [-0.3, -0.25) is 4.79 Å². The fourth-order valence-corrected chi connectivity index (χ4v) is 2.53. The van der Waals surface area contributed by atoms with Crippen LogP contribution in [0.25, 0.3) is 0 Å².